The molecule has 4 rings (SSSR count). The van der Waals surface area contributed by atoms with Gasteiger partial charge in [-0.1, -0.05) is 34.1 Å². The molecule has 0 spiro atoms. The van der Waals surface area contributed by atoms with E-state index in [4.69, 9.17) is 9.47 Å². The van der Waals surface area contributed by atoms with Crippen LogP contribution in [0.4, 0.5) is 0 Å². The molecule has 3 aliphatic carbocycles. The molecule has 1 aromatic carbocycles. The van der Waals surface area contributed by atoms with Crippen LogP contribution >= 0.6 is 0 Å². The molecule has 27 heavy (non-hydrogen) atoms. The molecule has 4 atom stereocenters. The zero-order valence-corrected chi connectivity index (χ0v) is 18.5. The Bertz CT molecular complexity index is 749. The lowest BCUT2D eigenvalue weighted by atomic mass is 9.40. The van der Waals surface area contributed by atoms with Gasteiger partial charge in [-0.15, -0.1) is 0 Å². The molecule has 0 radical (unpaired) electrons. The highest BCUT2D eigenvalue weighted by molar-refractivity contribution is 5.58. The van der Waals surface area contributed by atoms with Crippen LogP contribution in [-0.2, 0) is 11.8 Å². The van der Waals surface area contributed by atoms with Crippen LogP contribution in [0.15, 0.2) is 6.07 Å². The molecule has 1 aromatic rings. The minimum atomic E-state index is 0.260. The van der Waals surface area contributed by atoms with Gasteiger partial charge in [-0.05, 0) is 90.7 Å². The maximum Gasteiger partial charge on any atom is 0.164 e. The van der Waals surface area contributed by atoms with Crippen LogP contribution in [0.2, 0.25) is 0 Å². The lowest BCUT2D eigenvalue weighted by molar-refractivity contribution is -0.110. The fraction of sp³-hybridized carbons (Fsp3) is 0.760. The van der Waals surface area contributed by atoms with Crippen LogP contribution in [0, 0.1) is 29.6 Å². The van der Waals surface area contributed by atoms with Crippen molar-refractivity contribution in [1.82, 2.24) is 0 Å². The molecule has 0 amide bonds. The van der Waals surface area contributed by atoms with Gasteiger partial charge in [0.05, 0.1) is 14.2 Å². The average Bonchev–Trinajstić information content (AvgIpc) is 2.59. The van der Waals surface area contributed by atoms with E-state index in [1.165, 1.54) is 49.7 Å². The summed E-state index contributed by atoms with van der Waals surface area (Å²) in [6, 6.07) is 2.21. The molecular formula is C25H38O2. The van der Waals surface area contributed by atoms with E-state index in [-0.39, 0.29) is 5.41 Å². The Morgan fingerprint density at radius 1 is 0.926 bits per heavy atom. The maximum absolute atomic E-state index is 5.85. The summed E-state index contributed by atoms with van der Waals surface area (Å²) in [5, 5.41) is 0. The Morgan fingerprint density at radius 3 is 2.33 bits per heavy atom. The second-order valence-corrected chi connectivity index (χ2v) is 10.7. The van der Waals surface area contributed by atoms with Crippen molar-refractivity contribution in [2.45, 2.75) is 85.0 Å². The van der Waals surface area contributed by atoms with Crippen LogP contribution < -0.4 is 9.47 Å². The molecule has 0 N–H and O–H groups in total. The molecule has 3 aliphatic rings. The monoisotopic (exact) mass is 370 g/mol. The molecule has 2 unspecified atom stereocenters. The molecule has 0 bridgehead atoms. The highest BCUT2D eigenvalue weighted by atomic mass is 16.5. The Balaban J connectivity index is 1.86. The second kappa shape index (κ2) is 6.16. The van der Waals surface area contributed by atoms with Crippen molar-refractivity contribution in [3.8, 4) is 11.5 Å². The first kappa shape index (κ1) is 19.2. The van der Waals surface area contributed by atoms with Gasteiger partial charge in [0.15, 0.2) is 11.5 Å². The predicted molar refractivity (Wildman–Crippen MR) is 112 cm³/mol. The van der Waals surface area contributed by atoms with Crippen molar-refractivity contribution in [3.05, 3.63) is 22.8 Å². The fourth-order valence-electron chi connectivity index (χ4n) is 8.13. The van der Waals surface area contributed by atoms with Crippen LogP contribution in [0.3, 0.4) is 0 Å². The van der Waals surface area contributed by atoms with Crippen molar-refractivity contribution in [2.24, 2.45) is 22.7 Å². The average molecular weight is 371 g/mol. The third-order valence-corrected chi connectivity index (χ3v) is 9.01. The highest BCUT2D eigenvalue weighted by Gasteiger charge is 2.60. The first-order valence-electron chi connectivity index (χ1n) is 10.9. The fourth-order valence-corrected chi connectivity index (χ4v) is 8.13. The summed E-state index contributed by atoms with van der Waals surface area (Å²) in [6.07, 6.45) is 9.29. The predicted octanol–water partition coefficient (Wildman–Crippen LogP) is 6.46. The molecule has 2 saturated carbocycles. The van der Waals surface area contributed by atoms with Crippen molar-refractivity contribution >= 4 is 0 Å². The largest absolute Gasteiger partial charge is 0.493 e. The highest BCUT2D eigenvalue weighted by Crippen LogP contribution is 2.67. The van der Waals surface area contributed by atoms with E-state index in [1.807, 2.05) is 0 Å². The van der Waals surface area contributed by atoms with E-state index >= 15 is 0 Å². The molecular weight excluding hydrogens is 332 g/mol. The lowest BCUT2D eigenvalue weighted by Gasteiger charge is -2.64. The normalized spacial score (nSPS) is 37.0. The van der Waals surface area contributed by atoms with Crippen molar-refractivity contribution in [1.29, 1.82) is 0 Å². The number of fused-ring (bicyclic) bond motifs is 5. The van der Waals surface area contributed by atoms with Gasteiger partial charge in [0.1, 0.15) is 0 Å². The molecule has 0 heterocycles. The summed E-state index contributed by atoms with van der Waals surface area (Å²) in [5.41, 5.74) is 5.61. The van der Waals surface area contributed by atoms with Crippen molar-refractivity contribution in [2.75, 3.05) is 14.2 Å². The number of ether oxygens (including phenoxy) is 2. The Kier molecular flexibility index (Phi) is 4.37. The number of methoxy groups -OCH3 is 2. The third-order valence-electron chi connectivity index (χ3n) is 9.01. The van der Waals surface area contributed by atoms with Gasteiger partial charge in [0, 0.05) is 5.56 Å². The summed E-state index contributed by atoms with van der Waals surface area (Å²) < 4.78 is 11.5. The topological polar surface area (TPSA) is 18.5 Å². The Hall–Kier alpha value is -1.18. The quantitative estimate of drug-likeness (QED) is 0.595. The maximum atomic E-state index is 5.85. The molecule has 2 nitrogen and oxygen atoms in total. The van der Waals surface area contributed by atoms with Gasteiger partial charge in [-0.3, -0.25) is 0 Å². The smallest absolute Gasteiger partial charge is 0.164 e. The summed E-state index contributed by atoms with van der Waals surface area (Å²) in [4.78, 5) is 0. The van der Waals surface area contributed by atoms with E-state index in [2.05, 4.69) is 40.7 Å². The molecule has 0 aliphatic heterocycles. The zero-order chi connectivity index (χ0) is 19.6. The minimum Gasteiger partial charge on any atom is -0.493 e. The lowest BCUT2D eigenvalue weighted by Crippen LogP contribution is -2.57. The molecule has 150 valence electrons. The first-order valence-corrected chi connectivity index (χ1v) is 10.9. The van der Waals surface area contributed by atoms with Crippen LogP contribution in [0.5, 0.6) is 11.5 Å². The standard InChI is InChI=1S/C25H38O2/c1-16-15-18(26-6)22(27-7)17-9-10-20-24(4)13-8-12-23(2,3)19(24)11-14-25(20,5)21(16)17/h15,19-20H,8-14H2,1-7H3/t19?,20?,24-,25+/m0/s1. The van der Waals surface area contributed by atoms with E-state index < -0.39 is 0 Å². The van der Waals surface area contributed by atoms with Gasteiger partial charge in [0.2, 0.25) is 0 Å². The third kappa shape index (κ3) is 2.51. The Labute approximate surface area is 166 Å². The van der Waals surface area contributed by atoms with E-state index in [9.17, 15) is 0 Å². The number of benzene rings is 1. The summed E-state index contributed by atoms with van der Waals surface area (Å²) in [5.74, 6) is 3.51. The van der Waals surface area contributed by atoms with Crippen LogP contribution in [0.25, 0.3) is 0 Å². The van der Waals surface area contributed by atoms with Gasteiger partial charge >= 0.3 is 0 Å². The first-order chi connectivity index (χ1) is 12.7. The van der Waals surface area contributed by atoms with E-state index in [1.54, 1.807) is 19.8 Å². The number of hydrogen-bond donors (Lipinski definition) is 0. The summed E-state index contributed by atoms with van der Waals surface area (Å²) in [7, 11) is 3.55. The molecule has 0 saturated heterocycles. The zero-order valence-electron chi connectivity index (χ0n) is 18.5. The van der Waals surface area contributed by atoms with E-state index in [0.717, 1.165) is 29.8 Å². The molecule has 2 fully saturated rings. The molecule has 2 heteroatoms. The SMILES string of the molecule is COc1cc(C)c2c(c1OC)CCC1[C@@]3(C)CCCC(C)(C)C3CC[C@@]21C. The number of rotatable bonds is 2. The summed E-state index contributed by atoms with van der Waals surface area (Å²) >= 11 is 0. The van der Waals surface area contributed by atoms with Gasteiger partial charge in [-0.25, -0.2) is 0 Å². The Morgan fingerprint density at radius 2 is 1.67 bits per heavy atom. The van der Waals surface area contributed by atoms with E-state index in [0.29, 0.717) is 10.8 Å². The van der Waals surface area contributed by atoms with Crippen molar-refractivity contribution < 1.29 is 9.47 Å². The van der Waals surface area contributed by atoms with Crippen LogP contribution in [-0.4, -0.2) is 14.2 Å². The van der Waals surface area contributed by atoms with Gasteiger partial charge in [0.25, 0.3) is 0 Å². The van der Waals surface area contributed by atoms with Crippen LogP contribution in [0.1, 0.15) is 82.9 Å². The summed E-state index contributed by atoms with van der Waals surface area (Å²) in [6.45, 7) is 12.6. The van der Waals surface area contributed by atoms with Gasteiger partial charge in [-0.2, -0.15) is 0 Å². The van der Waals surface area contributed by atoms with Gasteiger partial charge < -0.3 is 9.47 Å². The number of hydrogen-bond acceptors (Lipinski definition) is 2. The number of aryl methyl sites for hydroxylation is 1. The minimum absolute atomic E-state index is 0.260. The molecule has 0 aromatic heterocycles. The van der Waals surface area contributed by atoms with Crippen molar-refractivity contribution in [3.63, 3.8) is 0 Å². The second-order valence-electron chi connectivity index (χ2n) is 10.7.